The number of thiophene rings is 1. The normalized spacial score (nSPS) is 18.9. The zero-order chi connectivity index (χ0) is 14.3. The Kier molecular flexibility index (Phi) is 3.21. The minimum atomic E-state index is -0.245. The number of rotatable bonds is 3. The summed E-state index contributed by atoms with van der Waals surface area (Å²) in [7, 11) is 0. The number of nitrogens with two attached hydrogens (primary N) is 2. The lowest BCUT2D eigenvalue weighted by Crippen LogP contribution is -2.27. The first-order valence-corrected chi connectivity index (χ1v) is 7.50. The van der Waals surface area contributed by atoms with Crippen LogP contribution in [0.15, 0.2) is 6.07 Å². The van der Waals surface area contributed by atoms with Gasteiger partial charge in [-0.2, -0.15) is 4.98 Å². The average molecular weight is 291 g/mol. The van der Waals surface area contributed by atoms with Gasteiger partial charge in [0.1, 0.15) is 10.6 Å². The van der Waals surface area contributed by atoms with Crippen LogP contribution >= 0.6 is 11.3 Å². The number of fused-ring (bicyclic) bond motifs is 1. The Morgan fingerprint density at radius 3 is 3.00 bits per heavy atom. The largest absolute Gasteiger partial charge is 0.369 e. The molecule has 0 spiro atoms. The highest BCUT2D eigenvalue weighted by molar-refractivity contribution is 7.18. The number of primary amides is 1. The van der Waals surface area contributed by atoms with Crippen molar-refractivity contribution >= 4 is 39.2 Å². The second kappa shape index (κ2) is 4.90. The molecule has 2 aromatic heterocycles. The van der Waals surface area contributed by atoms with Gasteiger partial charge in [-0.3, -0.25) is 4.79 Å². The molecule has 1 amide bonds. The monoisotopic (exact) mass is 291 g/mol. The number of aromatic nitrogens is 2. The van der Waals surface area contributed by atoms with Crippen molar-refractivity contribution in [2.24, 2.45) is 11.7 Å². The molecule has 0 bridgehead atoms. The number of anilines is 2. The van der Waals surface area contributed by atoms with Gasteiger partial charge < -0.3 is 16.4 Å². The molecule has 1 unspecified atom stereocenters. The molecule has 20 heavy (non-hydrogen) atoms. The van der Waals surface area contributed by atoms with Crippen LogP contribution in [0.4, 0.5) is 11.8 Å². The number of nitrogen functional groups attached to an aromatic ring is 1. The van der Waals surface area contributed by atoms with E-state index in [1.165, 1.54) is 4.88 Å². The molecule has 1 saturated heterocycles. The first-order valence-electron chi connectivity index (χ1n) is 6.68. The lowest BCUT2D eigenvalue weighted by atomic mass is 10.1. The quantitative estimate of drug-likeness (QED) is 0.884. The fraction of sp³-hybridized carbons (Fsp3) is 0.462. The Morgan fingerprint density at radius 2 is 2.35 bits per heavy atom. The van der Waals surface area contributed by atoms with Crippen LogP contribution in [0, 0.1) is 5.92 Å². The van der Waals surface area contributed by atoms with Crippen molar-refractivity contribution in [2.75, 3.05) is 23.7 Å². The van der Waals surface area contributed by atoms with Gasteiger partial charge in [0.2, 0.25) is 11.9 Å². The van der Waals surface area contributed by atoms with E-state index in [0.29, 0.717) is 6.54 Å². The molecule has 3 heterocycles. The zero-order valence-electron chi connectivity index (χ0n) is 11.3. The molecule has 2 aromatic rings. The molecule has 106 valence electrons. The van der Waals surface area contributed by atoms with E-state index in [4.69, 9.17) is 11.5 Å². The Labute approximate surface area is 120 Å². The van der Waals surface area contributed by atoms with E-state index in [2.05, 4.69) is 27.9 Å². The molecule has 1 aliphatic heterocycles. The molecular formula is C13H17N5OS. The van der Waals surface area contributed by atoms with Crippen molar-refractivity contribution in [2.45, 2.75) is 19.8 Å². The van der Waals surface area contributed by atoms with Crippen molar-refractivity contribution in [1.29, 1.82) is 0 Å². The number of nitrogens with zero attached hydrogens (tertiary/aromatic N) is 3. The minimum absolute atomic E-state index is 0.106. The van der Waals surface area contributed by atoms with Gasteiger partial charge in [-0.05, 0) is 18.9 Å². The summed E-state index contributed by atoms with van der Waals surface area (Å²) in [5.74, 6) is 0.752. The van der Waals surface area contributed by atoms with Crippen LogP contribution < -0.4 is 16.4 Å². The molecule has 1 fully saturated rings. The van der Waals surface area contributed by atoms with Crippen molar-refractivity contribution in [3.05, 3.63) is 10.9 Å². The van der Waals surface area contributed by atoms with Crippen molar-refractivity contribution in [1.82, 2.24) is 9.97 Å². The summed E-state index contributed by atoms with van der Waals surface area (Å²) >= 11 is 1.64. The van der Waals surface area contributed by atoms with E-state index in [-0.39, 0.29) is 17.8 Å². The summed E-state index contributed by atoms with van der Waals surface area (Å²) in [5.41, 5.74) is 11.2. The molecule has 6 nitrogen and oxygen atoms in total. The molecule has 0 radical (unpaired) electrons. The maximum atomic E-state index is 11.3. The summed E-state index contributed by atoms with van der Waals surface area (Å²) in [5, 5.41) is 1.02. The lowest BCUT2D eigenvalue weighted by molar-refractivity contribution is -0.121. The molecule has 0 saturated carbocycles. The Bertz CT molecular complexity index is 668. The van der Waals surface area contributed by atoms with E-state index in [1.807, 2.05) is 0 Å². The third-order valence-electron chi connectivity index (χ3n) is 3.68. The summed E-state index contributed by atoms with van der Waals surface area (Å²) in [4.78, 5) is 24.2. The van der Waals surface area contributed by atoms with Crippen molar-refractivity contribution in [3.8, 4) is 0 Å². The Hall–Kier alpha value is -1.89. The molecule has 1 atom stereocenters. The highest BCUT2D eigenvalue weighted by atomic mass is 32.1. The smallest absolute Gasteiger partial charge is 0.223 e. The third-order valence-corrected chi connectivity index (χ3v) is 4.85. The maximum absolute atomic E-state index is 11.3. The number of amides is 1. The topological polar surface area (TPSA) is 98.1 Å². The van der Waals surface area contributed by atoms with Crippen LogP contribution in [-0.2, 0) is 11.2 Å². The molecule has 0 aliphatic carbocycles. The van der Waals surface area contributed by atoms with Gasteiger partial charge in [-0.1, -0.05) is 6.92 Å². The summed E-state index contributed by atoms with van der Waals surface area (Å²) in [6.07, 6.45) is 1.73. The second-order valence-electron chi connectivity index (χ2n) is 5.02. The zero-order valence-corrected chi connectivity index (χ0v) is 12.1. The van der Waals surface area contributed by atoms with Crippen molar-refractivity contribution < 1.29 is 4.79 Å². The van der Waals surface area contributed by atoms with Crippen LogP contribution in [0.2, 0.25) is 0 Å². The fourth-order valence-corrected chi connectivity index (χ4v) is 3.54. The summed E-state index contributed by atoms with van der Waals surface area (Å²) in [6, 6.07) is 2.12. The number of aryl methyl sites for hydroxylation is 1. The van der Waals surface area contributed by atoms with Gasteiger partial charge in [-0.15, -0.1) is 11.3 Å². The predicted octanol–water partition coefficient (Wildman–Crippen LogP) is 1.15. The Balaban J connectivity index is 2.02. The van der Waals surface area contributed by atoms with E-state index in [1.54, 1.807) is 11.3 Å². The molecular weight excluding hydrogens is 274 g/mol. The van der Waals surface area contributed by atoms with E-state index >= 15 is 0 Å². The molecule has 4 N–H and O–H groups in total. The highest BCUT2D eigenvalue weighted by Crippen LogP contribution is 2.34. The van der Waals surface area contributed by atoms with Gasteiger partial charge >= 0.3 is 0 Å². The van der Waals surface area contributed by atoms with Crippen LogP contribution in [0.3, 0.4) is 0 Å². The molecule has 0 aromatic carbocycles. The number of hydrogen-bond donors (Lipinski definition) is 2. The first-order chi connectivity index (χ1) is 9.58. The summed E-state index contributed by atoms with van der Waals surface area (Å²) < 4.78 is 0. The van der Waals surface area contributed by atoms with E-state index < -0.39 is 0 Å². The number of carbonyl (C=O) groups excluding carboxylic acids is 1. The predicted molar refractivity (Wildman–Crippen MR) is 80.7 cm³/mol. The van der Waals surface area contributed by atoms with Crippen LogP contribution in [0.1, 0.15) is 18.2 Å². The third kappa shape index (κ3) is 2.18. The number of carbonyl (C=O) groups is 1. The van der Waals surface area contributed by atoms with Crippen LogP contribution in [-0.4, -0.2) is 29.0 Å². The van der Waals surface area contributed by atoms with Crippen molar-refractivity contribution in [3.63, 3.8) is 0 Å². The SMILES string of the molecule is CCc1cc2c(N3CCC(C(N)=O)C3)nc(N)nc2s1. The average Bonchev–Trinajstić information content (AvgIpc) is 3.03. The standard InChI is InChI=1S/C13H17N5OS/c1-2-8-5-9-11(16-13(15)17-12(9)20-8)18-4-3-7(6-18)10(14)19/h5,7H,2-4,6H2,1H3,(H2,14,19)(H2,15,16,17). The van der Waals surface area contributed by atoms with E-state index in [9.17, 15) is 4.79 Å². The number of hydrogen-bond acceptors (Lipinski definition) is 6. The fourth-order valence-electron chi connectivity index (χ4n) is 2.57. The highest BCUT2D eigenvalue weighted by Gasteiger charge is 2.29. The van der Waals surface area contributed by atoms with Crippen LogP contribution in [0.25, 0.3) is 10.2 Å². The molecule has 7 heteroatoms. The first kappa shape index (κ1) is 13.1. The van der Waals surface area contributed by atoms with Gasteiger partial charge in [0.05, 0.1) is 11.3 Å². The van der Waals surface area contributed by atoms with Gasteiger partial charge in [0.25, 0.3) is 0 Å². The summed E-state index contributed by atoms with van der Waals surface area (Å²) in [6.45, 7) is 3.49. The lowest BCUT2D eigenvalue weighted by Gasteiger charge is -2.18. The van der Waals surface area contributed by atoms with Gasteiger partial charge in [0, 0.05) is 18.0 Å². The Morgan fingerprint density at radius 1 is 1.55 bits per heavy atom. The molecule has 3 rings (SSSR count). The maximum Gasteiger partial charge on any atom is 0.223 e. The minimum Gasteiger partial charge on any atom is -0.369 e. The van der Waals surface area contributed by atoms with E-state index in [0.717, 1.165) is 35.4 Å². The second-order valence-corrected chi connectivity index (χ2v) is 6.14. The van der Waals surface area contributed by atoms with Gasteiger partial charge in [0.15, 0.2) is 0 Å². The molecule has 1 aliphatic rings. The van der Waals surface area contributed by atoms with Crippen LogP contribution in [0.5, 0.6) is 0 Å². The van der Waals surface area contributed by atoms with Gasteiger partial charge in [-0.25, -0.2) is 4.98 Å².